The van der Waals surface area contributed by atoms with E-state index in [4.69, 9.17) is 0 Å². The predicted octanol–water partition coefficient (Wildman–Crippen LogP) is 3.16. The maximum Gasteiger partial charge on any atom is 0.143 e. The van der Waals surface area contributed by atoms with Gasteiger partial charge >= 0.3 is 0 Å². The number of hydrogen-bond donors (Lipinski definition) is 0. The Labute approximate surface area is 97.1 Å². The number of carbonyl (C=O) groups is 1. The molecule has 1 aromatic rings. The summed E-state index contributed by atoms with van der Waals surface area (Å²) in [6.45, 7) is 2.15. The fraction of sp³-hybridized carbons (Fsp3) is 0.571. The summed E-state index contributed by atoms with van der Waals surface area (Å²) < 4.78 is 0. The smallest absolute Gasteiger partial charge is 0.143 e. The quantitative estimate of drug-likeness (QED) is 0.775. The maximum absolute atomic E-state index is 12.3. The van der Waals surface area contributed by atoms with Crippen LogP contribution >= 0.6 is 0 Å². The molecule has 1 aromatic heterocycles. The van der Waals surface area contributed by atoms with Crippen LogP contribution in [-0.2, 0) is 11.2 Å². The Bertz CT molecular complexity index is 352. The molecule has 1 fully saturated rings. The van der Waals surface area contributed by atoms with Crippen LogP contribution in [0.2, 0.25) is 0 Å². The molecular weight excluding hydrogens is 198 g/mol. The Balaban J connectivity index is 2.07. The number of nitrogens with zero attached hydrogens (tertiary/aromatic N) is 1. The van der Waals surface area contributed by atoms with Crippen LogP contribution in [0.5, 0.6) is 0 Å². The molecular formula is C14H19NO. The molecule has 0 bridgehead atoms. The summed E-state index contributed by atoms with van der Waals surface area (Å²) >= 11 is 0. The van der Waals surface area contributed by atoms with Gasteiger partial charge in [-0.2, -0.15) is 0 Å². The van der Waals surface area contributed by atoms with Gasteiger partial charge in [-0.3, -0.25) is 9.78 Å². The molecule has 1 aliphatic rings. The molecule has 1 aliphatic carbocycles. The van der Waals surface area contributed by atoms with Crippen molar-refractivity contribution >= 4 is 5.78 Å². The third kappa shape index (κ3) is 2.16. The molecule has 0 radical (unpaired) electrons. The van der Waals surface area contributed by atoms with E-state index in [-0.39, 0.29) is 5.41 Å². The van der Waals surface area contributed by atoms with Gasteiger partial charge in [0, 0.05) is 24.2 Å². The van der Waals surface area contributed by atoms with E-state index in [1.165, 1.54) is 12.8 Å². The van der Waals surface area contributed by atoms with Gasteiger partial charge in [-0.1, -0.05) is 19.8 Å². The number of pyridine rings is 1. The van der Waals surface area contributed by atoms with Gasteiger partial charge in [0.2, 0.25) is 0 Å². The second-order valence-electron chi connectivity index (χ2n) is 4.80. The van der Waals surface area contributed by atoms with Crippen LogP contribution in [-0.4, -0.2) is 10.8 Å². The molecule has 0 N–H and O–H groups in total. The predicted molar refractivity (Wildman–Crippen MR) is 64.1 cm³/mol. The van der Waals surface area contributed by atoms with E-state index in [1.807, 2.05) is 12.1 Å². The second kappa shape index (κ2) is 4.77. The summed E-state index contributed by atoms with van der Waals surface area (Å²) in [5.41, 5.74) is 1.09. The SMILES string of the molecule is CCC1(C(=O)Cc2ccncc2)CCCC1. The van der Waals surface area contributed by atoms with Crippen molar-refractivity contribution in [2.45, 2.75) is 45.4 Å². The lowest BCUT2D eigenvalue weighted by Gasteiger charge is -2.25. The van der Waals surface area contributed by atoms with Crippen molar-refractivity contribution in [3.63, 3.8) is 0 Å². The highest BCUT2D eigenvalue weighted by atomic mass is 16.1. The third-order valence-electron chi connectivity index (χ3n) is 3.94. The van der Waals surface area contributed by atoms with E-state index >= 15 is 0 Å². The normalized spacial score (nSPS) is 18.6. The molecule has 2 heteroatoms. The van der Waals surface area contributed by atoms with Gasteiger partial charge in [0.15, 0.2) is 0 Å². The van der Waals surface area contributed by atoms with E-state index in [0.717, 1.165) is 24.8 Å². The molecule has 1 saturated carbocycles. The van der Waals surface area contributed by atoms with Crippen LogP contribution in [0.15, 0.2) is 24.5 Å². The summed E-state index contributed by atoms with van der Waals surface area (Å²) in [6, 6.07) is 3.88. The number of ketones is 1. The lowest BCUT2D eigenvalue weighted by Crippen LogP contribution is -2.28. The minimum absolute atomic E-state index is 0.0106. The molecule has 0 unspecified atom stereocenters. The van der Waals surface area contributed by atoms with Gasteiger partial charge in [-0.25, -0.2) is 0 Å². The number of aromatic nitrogens is 1. The molecule has 0 spiro atoms. The Morgan fingerprint density at radius 2 is 1.94 bits per heavy atom. The zero-order chi connectivity index (χ0) is 11.4. The number of hydrogen-bond acceptors (Lipinski definition) is 2. The van der Waals surface area contributed by atoms with Crippen LogP contribution in [0.1, 0.15) is 44.6 Å². The zero-order valence-electron chi connectivity index (χ0n) is 9.91. The maximum atomic E-state index is 12.3. The van der Waals surface area contributed by atoms with E-state index < -0.39 is 0 Å². The van der Waals surface area contributed by atoms with Gasteiger partial charge in [-0.15, -0.1) is 0 Å². The molecule has 0 aliphatic heterocycles. The van der Waals surface area contributed by atoms with Crippen LogP contribution in [0.25, 0.3) is 0 Å². The molecule has 0 aromatic carbocycles. The fourth-order valence-corrected chi connectivity index (χ4v) is 2.75. The van der Waals surface area contributed by atoms with Gasteiger partial charge in [0.05, 0.1) is 0 Å². The number of Topliss-reactive ketones (excluding diaryl/α,β-unsaturated/α-hetero) is 1. The van der Waals surface area contributed by atoms with Crippen molar-refractivity contribution in [1.82, 2.24) is 4.98 Å². The average Bonchev–Trinajstić information content (AvgIpc) is 2.80. The summed E-state index contributed by atoms with van der Waals surface area (Å²) in [6.07, 6.45) is 9.71. The molecule has 2 rings (SSSR count). The largest absolute Gasteiger partial charge is 0.299 e. The number of rotatable bonds is 4. The third-order valence-corrected chi connectivity index (χ3v) is 3.94. The number of carbonyl (C=O) groups excluding carboxylic acids is 1. The van der Waals surface area contributed by atoms with E-state index in [0.29, 0.717) is 12.2 Å². The van der Waals surface area contributed by atoms with Crippen molar-refractivity contribution < 1.29 is 4.79 Å². The zero-order valence-corrected chi connectivity index (χ0v) is 9.91. The van der Waals surface area contributed by atoms with Gasteiger partial charge in [-0.05, 0) is 37.0 Å². The van der Waals surface area contributed by atoms with E-state index in [1.54, 1.807) is 12.4 Å². The average molecular weight is 217 g/mol. The first-order valence-corrected chi connectivity index (χ1v) is 6.19. The van der Waals surface area contributed by atoms with Crippen molar-refractivity contribution in [1.29, 1.82) is 0 Å². The summed E-state index contributed by atoms with van der Waals surface area (Å²) in [5, 5.41) is 0. The van der Waals surface area contributed by atoms with Crippen LogP contribution in [0.4, 0.5) is 0 Å². The Morgan fingerprint density at radius 1 is 1.31 bits per heavy atom. The highest BCUT2D eigenvalue weighted by molar-refractivity contribution is 5.87. The Hall–Kier alpha value is -1.18. The van der Waals surface area contributed by atoms with Gasteiger partial charge in [0.25, 0.3) is 0 Å². The molecule has 0 amide bonds. The van der Waals surface area contributed by atoms with Crippen molar-refractivity contribution in [2.75, 3.05) is 0 Å². The van der Waals surface area contributed by atoms with Crippen LogP contribution in [0.3, 0.4) is 0 Å². The first-order chi connectivity index (χ1) is 7.77. The van der Waals surface area contributed by atoms with E-state index in [9.17, 15) is 4.79 Å². The van der Waals surface area contributed by atoms with Crippen LogP contribution < -0.4 is 0 Å². The molecule has 0 atom stereocenters. The second-order valence-corrected chi connectivity index (χ2v) is 4.80. The Morgan fingerprint density at radius 3 is 2.50 bits per heavy atom. The topological polar surface area (TPSA) is 30.0 Å². The minimum atomic E-state index is -0.0106. The molecule has 16 heavy (non-hydrogen) atoms. The molecule has 86 valence electrons. The van der Waals surface area contributed by atoms with Crippen molar-refractivity contribution in [3.05, 3.63) is 30.1 Å². The molecule has 1 heterocycles. The molecule has 0 saturated heterocycles. The lowest BCUT2D eigenvalue weighted by molar-refractivity contribution is -0.128. The molecule has 2 nitrogen and oxygen atoms in total. The fourth-order valence-electron chi connectivity index (χ4n) is 2.75. The van der Waals surface area contributed by atoms with Crippen molar-refractivity contribution in [2.24, 2.45) is 5.41 Å². The highest BCUT2D eigenvalue weighted by Gasteiger charge is 2.38. The summed E-state index contributed by atoms with van der Waals surface area (Å²) in [4.78, 5) is 16.3. The van der Waals surface area contributed by atoms with Gasteiger partial charge in [0.1, 0.15) is 5.78 Å². The minimum Gasteiger partial charge on any atom is -0.299 e. The first-order valence-electron chi connectivity index (χ1n) is 6.19. The van der Waals surface area contributed by atoms with Crippen molar-refractivity contribution in [3.8, 4) is 0 Å². The summed E-state index contributed by atoms with van der Waals surface area (Å²) in [7, 11) is 0. The Kier molecular flexibility index (Phi) is 3.37. The monoisotopic (exact) mass is 217 g/mol. The lowest BCUT2D eigenvalue weighted by atomic mass is 9.77. The van der Waals surface area contributed by atoms with Gasteiger partial charge < -0.3 is 0 Å². The highest BCUT2D eigenvalue weighted by Crippen LogP contribution is 2.42. The van der Waals surface area contributed by atoms with E-state index in [2.05, 4.69) is 11.9 Å². The standard InChI is InChI=1S/C14H19NO/c1-2-14(7-3-4-8-14)13(16)11-12-5-9-15-10-6-12/h5-6,9-10H,2-4,7-8,11H2,1H3. The van der Waals surface area contributed by atoms with Crippen LogP contribution in [0, 0.1) is 5.41 Å². The summed E-state index contributed by atoms with van der Waals surface area (Å²) in [5.74, 6) is 0.429. The first kappa shape index (κ1) is 11.3.